The smallest absolute Gasteiger partial charge is 0.305 e. The third kappa shape index (κ3) is 9.95. The zero-order chi connectivity index (χ0) is 35.5. The maximum Gasteiger partial charge on any atom is 0.305 e. The highest BCUT2D eigenvalue weighted by Gasteiger charge is 2.38. The molecule has 15 heteroatoms. The number of ether oxygens (including phenoxy) is 1. The Hall–Kier alpha value is -5.11. The monoisotopic (exact) mass is 696 g/mol. The highest BCUT2D eigenvalue weighted by atomic mass is 35.5. The van der Waals surface area contributed by atoms with Gasteiger partial charge in [-0.3, -0.25) is 28.8 Å². The highest BCUT2D eigenvalue weighted by molar-refractivity contribution is 6.27. The number of primary amides is 1. The number of hydrogen-bond donors (Lipinski definition) is 6. The van der Waals surface area contributed by atoms with Gasteiger partial charge >= 0.3 is 5.97 Å². The van der Waals surface area contributed by atoms with E-state index in [-0.39, 0.29) is 44.4 Å². The number of phenolic OH excluding ortho intramolecular Hbond substituents is 1. The average Bonchev–Trinajstić information content (AvgIpc) is 3.52. The topological polar surface area (TPSA) is 213 Å². The molecule has 1 aliphatic rings. The number of aromatic hydroxyl groups is 1. The number of methoxy groups -OCH3 is 1. The normalized spacial score (nSPS) is 16.2. The van der Waals surface area contributed by atoms with E-state index in [1.165, 1.54) is 24.1 Å². The van der Waals surface area contributed by atoms with Crippen molar-refractivity contribution in [1.29, 1.82) is 0 Å². The molecular formula is C34H41ClN6O8. The second-order valence-corrected chi connectivity index (χ2v) is 12.1. The van der Waals surface area contributed by atoms with Crippen molar-refractivity contribution >= 4 is 58.0 Å². The molecule has 2 aromatic carbocycles. The van der Waals surface area contributed by atoms with Gasteiger partial charge in [0, 0.05) is 42.9 Å². The van der Waals surface area contributed by atoms with Crippen molar-refractivity contribution in [2.24, 2.45) is 5.73 Å². The number of carbonyl (C=O) groups is 6. The fraction of sp³-hybridized carbons (Fsp3) is 0.412. The first-order chi connectivity index (χ1) is 23.5. The SMILES string of the molecule is COC(=O)CC[C@H](NC(=O)CCl)C(=O)N1CCCC[C@H]1C(=O)N[C@@H](Cc1c[nH]c2ccccc12)C(=O)N[C@@H](Cc1ccc(O)cc1)C(N)=O. The van der Waals surface area contributed by atoms with Crippen molar-refractivity contribution in [3.63, 3.8) is 0 Å². The van der Waals surface area contributed by atoms with Gasteiger partial charge in [0.25, 0.3) is 0 Å². The predicted molar refractivity (Wildman–Crippen MR) is 180 cm³/mol. The molecule has 2 heterocycles. The van der Waals surface area contributed by atoms with Gasteiger partial charge in [0.1, 0.15) is 35.8 Å². The summed E-state index contributed by atoms with van der Waals surface area (Å²) in [6.07, 6.45) is 3.11. The van der Waals surface area contributed by atoms with Crippen molar-refractivity contribution in [2.45, 2.75) is 69.1 Å². The number of amides is 5. The summed E-state index contributed by atoms with van der Waals surface area (Å²) in [5.41, 5.74) is 7.85. The quantitative estimate of drug-likeness (QED) is 0.100. The molecule has 1 aliphatic heterocycles. The van der Waals surface area contributed by atoms with Crippen LogP contribution in [0.3, 0.4) is 0 Å². The number of alkyl halides is 1. The van der Waals surface area contributed by atoms with Crippen LogP contribution in [0.4, 0.5) is 0 Å². The lowest BCUT2D eigenvalue weighted by molar-refractivity contribution is -0.146. The lowest BCUT2D eigenvalue weighted by Crippen LogP contribution is -2.60. The first-order valence-corrected chi connectivity index (χ1v) is 16.5. The van der Waals surface area contributed by atoms with Gasteiger partial charge in [0.2, 0.25) is 29.5 Å². The highest BCUT2D eigenvalue weighted by Crippen LogP contribution is 2.22. The number of H-pyrrole nitrogens is 1. The van der Waals surface area contributed by atoms with Crippen molar-refractivity contribution < 1.29 is 38.6 Å². The predicted octanol–water partition coefficient (Wildman–Crippen LogP) is 1.17. The standard InChI is InChI=1S/C34H41ClN6O8/c1-49-30(44)14-13-25(38-29(43)18-35)34(48)41-15-5-4-8-28(41)33(47)40-27(17-21-19-37-24-7-3-2-6-23(21)24)32(46)39-26(31(36)45)16-20-9-11-22(42)12-10-20/h2-3,6-7,9-12,19,25-28,37,42H,4-5,8,13-18H2,1H3,(H2,36,45)(H,38,43)(H,39,46)(H,40,47)/t25-,26-,27-,28-/m0/s1. The van der Waals surface area contributed by atoms with Gasteiger partial charge in [-0.1, -0.05) is 30.3 Å². The van der Waals surface area contributed by atoms with Crippen molar-refractivity contribution in [3.05, 3.63) is 65.9 Å². The molecule has 5 amide bonds. The Kier molecular flexibility index (Phi) is 13.0. The molecule has 0 aliphatic carbocycles. The molecule has 4 atom stereocenters. The summed E-state index contributed by atoms with van der Waals surface area (Å²) in [7, 11) is 1.21. The second-order valence-electron chi connectivity index (χ2n) is 11.9. The van der Waals surface area contributed by atoms with E-state index in [1.54, 1.807) is 18.3 Å². The molecule has 1 saturated heterocycles. The molecule has 0 bridgehead atoms. The average molecular weight is 697 g/mol. The number of nitrogens with two attached hydrogens (primary N) is 1. The van der Waals surface area contributed by atoms with Gasteiger partial charge in [-0.25, -0.2) is 0 Å². The molecule has 262 valence electrons. The van der Waals surface area contributed by atoms with Gasteiger partial charge in [-0.15, -0.1) is 11.6 Å². The fourth-order valence-corrected chi connectivity index (χ4v) is 5.96. The van der Waals surface area contributed by atoms with Crippen LogP contribution in [-0.4, -0.2) is 94.2 Å². The largest absolute Gasteiger partial charge is 0.508 e. The lowest BCUT2D eigenvalue weighted by atomic mass is 9.97. The fourth-order valence-electron chi connectivity index (χ4n) is 5.88. The minimum absolute atomic E-state index is 0.0383. The Bertz CT molecular complexity index is 1660. The van der Waals surface area contributed by atoms with Crippen molar-refractivity contribution in [2.75, 3.05) is 19.5 Å². The van der Waals surface area contributed by atoms with Gasteiger partial charge in [0.15, 0.2) is 0 Å². The number of halogens is 1. The van der Waals surface area contributed by atoms with E-state index in [9.17, 15) is 33.9 Å². The number of para-hydroxylation sites is 1. The van der Waals surface area contributed by atoms with Gasteiger partial charge < -0.3 is 41.4 Å². The first-order valence-electron chi connectivity index (χ1n) is 16.0. The number of rotatable bonds is 15. The third-order valence-electron chi connectivity index (χ3n) is 8.48. The lowest BCUT2D eigenvalue weighted by Gasteiger charge is -2.37. The molecule has 49 heavy (non-hydrogen) atoms. The minimum Gasteiger partial charge on any atom is -0.508 e. The number of aromatic nitrogens is 1. The van der Waals surface area contributed by atoms with E-state index in [4.69, 9.17) is 17.3 Å². The van der Waals surface area contributed by atoms with Gasteiger partial charge in [0.05, 0.1) is 7.11 Å². The third-order valence-corrected chi connectivity index (χ3v) is 8.72. The summed E-state index contributed by atoms with van der Waals surface area (Å²) >= 11 is 5.67. The van der Waals surface area contributed by atoms with Crippen LogP contribution in [0.1, 0.15) is 43.2 Å². The Morgan fingerprint density at radius 2 is 1.71 bits per heavy atom. The molecule has 14 nitrogen and oxygen atoms in total. The van der Waals surface area contributed by atoms with E-state index in [0.717, 1.165) is 16.5 Å². The minimum atomic E-state index is -1.18. The molecule has 7 N–H and O–H groups in total. The Balaban J connectivity index is 1.58. The molecule has 4 rings (SSSR count). The molecule has 0 unspecified atom stereocenters. The van der Waals surface area contributed by atoms with E-state index >= 15 is 0 Å². The summed E-state index contributed by atoms with van der Waals surface area (Å²) in [6, 6.07) is 9.12. The molecular weight excluding hydrogens is 656 g/mol. The number of benzene rings is 2. The number of carbonyl (C=O) groups excluding carboxylic acids is 6. The summed E-state index contributed by atoms with van der Waals surface area (Å²) < 4.78 is 4.69. The van der Waals surface area contributed by atoms with Crippen LogP contribution in [0.25, 0.3) is 10.9 Å². The summed E-state index contributed by atoms with van der Waals surface area (Å²) in [6.45, 7) is 0.206. The van der Waals surface area contributed by atoms with E-state index in [0.29, 0.717) is 18.4 Å². The molecule has 1 fully saturated rings. The van der Waals surface area contributed by atoms with Crippen LogP contribution in [0.15, 0.2) is 54.7 Å². The zero-order valence-corrected chi connectivity index (χ0v) is 27.8. The molecule has 0 radical (unpaired) electrons. The van der Waals surface area contributed by atoms with Crippen LogP contribution >= 0.6 is 11.6 Å². The number of fused-ring (bicyclic) bond motifs is 1. The van der Waals surface area contributed by atoms with Crippen LogP contribution in [-0.2, 0) is 46.3 Å². The van der Waals surface area contributed by atoms with Crippen LogP contribution in [0, 0.1) is 0 Å². The van der Waals surface area contributed by atoms with Crippen molar-refractivity contribution in [3.8, 4) is 5.75 Å². The maximum atomic E-state index is 14.0. The van der Waals surface area contributed by atoms with Crippen LogP contribution in [0.5, 0.6) is 5.75 Å². The number of aromatic amines is 1. The van der Waals surface area contributed by atoms with E-state index in [1.807, 2.05) is 24.3 Å². The zero-order valence-electron chi connectivity index (χ0n) is 27.1. The van der Waals surface area contributed by atoms with E-state index < -0.39 is 65.6 Å². The number of hydrogen-bond acceptors (Lipinski definition) is 8. The Labute approximate surface area is 288 Å². The second kappa shape index (κ2) is 17.3. The van der Waals surface area contributed by atoms with Gasteiger partial charge in [-0.05, 0) is 55.0 Å². The number of piperidine rings is 1. The molecule has 3 aromatic rings. The summed E-state index contributed by atoms with van der Waals surface area (Å²) in [5, 5.41) is 18.5. The first kappa shape index (κ1) is 36.7. The maximum absolute atomic E-state index is 14.0. The van der Waals surface area contributed by atoms with Crippen LogP contribution in [0.2, 0.25) is 0 Å². The van der Waals surface area contributed by atoms with E-state index in [2.05, 4.69) is 25.7 Å². The number of likely N-dealkylation sites (tertiary alicyclic amines) is 1. The number of phenols is 1. The molecule has 0 spiro atoms. The molecule has 0 saturated carbocycles. The summed E-state index contributed by atoms with van der Waals surface area (Å²) in [4.78, 5) is 82.6. The number of nitrogens with zero attached hydrogens (tertiary/aromatic N) is 1. The number of esters is 1. The Morgan fingerprint density at radius 1 is 0.980 bits per heavy atom. The summed E-state index contributed by atoms with van der Waals surface area (Å²) in [5.74, 6) is -4.18. The Morgan fingerprint density at radius 3 is 2.41 bits per heavy atom. The van der Waals surface area contributed by atoms with Crippen LogP contribution < -0.4 is 21.7 Å². The van der Waals surface area contributed by atoms with Gasteiger partial charge in [-0.2, -0.15) is 0 Å². The van der Waals surface area contributed by atoms with Crippen molar-refractivity contribution in [1.82, 2.24) is 25.8 Å². The molecule has 1 aromatic heterocycles. The number of nitrogens with one attached hydrogen (secondary N) is 4.